The van der Waals surface area contributed by atoms with Crippen molar-refractivity contribution < 1.29 is 22.7 Å². The van der Waals surface area contributed by atoms with Crippen LogP contribution in [0.1, 0.15) is 32.3 Å². The zero-order valence-electron chi connectivity index (χ0n) is 19.6. The van der Waals surface area contributed by atoms with Crippen LogP contribution < -0.4 is 9.47 Å². The average Bonchev–Trinajstić information content (AvgIpc) is 3.07. The van der Waals surface area contributed by atoms with Crippen LogP contribution in [0.5, 0.6) is 11.5 Å². The number of carbonyl (C=O) groups excluding carboxylic acids is 1. The molecule has 1 fully saturated rings. The highest BCUT2D eigenvalue weighted by Gasteiger charge is 2.47. The quantitative estimate of drug-likeness (QED) is 0.596. The number of hydrazone groups is 1. The lowest BCUT2D eigenvalue weighted by atomic mass is 9.83. The van der Waals surface area contributed by atoms with Gasteiger partial charge in [0.05, 0.1) is 36.4 Å². The van der Waals surface area contributed by atoms with Crippen molar-refractivity contribution in [2.45, 2.75) is 37.6 Å². The number of hydrogen-bond acceptors (Lipinski definition) is 6. The Morgan fingerprint density at radius 1 is 1.03 bits per heavy atom. The number of ether oxygens (including phenoxy) is 2. The number of benzene rings is 2. The van der Waals surface area contributed by atoms with Crippen LogP contribution >= 0.6 is 11.6 Å². The second-order valence-corrected chi connectivity index (χ2v) is 11.2. The van der Waals surface area contributed by atoms with Crippen molar-refractivity contribution in [3.05, 3.63) is 53.1 Å². The molecule has 8 nitrogen and oxygen atoms in total. The SMILES string of the molecule is COc1ccc(C2=NN(C3CCN(S(=O)(=O)c4ccccc4Cl)CC3)C(=O)C2(C)C)cc1OC. The van der Waals surface area contributed by atoms with Crippen LogP contribution in [0.4, 0.5) is 0 Å². The van der Waals surface area contributed by atoms with E-state index in [0.29, 0.717) is 30.1 Å². The van der Waals surface area contributed by atoms with Gasteiger partial charge in [-0.3, -0.25) is 4.79 Å². The summed E-state index contributed by atoms with van der Waals surface area (Å²) in [6.07, 6.45) is 0.961. The van der Waals surface area contributed by atoms with Crippen LogP contribution in [0, 0.1) is 5.41 Å². The summed E-state index contributed by atoms with van der Waals surface area (Å²) in [5, 5.41) is 6.45. The van der Waals surface area contributed by atoms with Gasteiger partial charge >= 0.3 is 0 Å². The van der Waals surface area contributed by atoms with Crippen LogP contribution in [-0.4, -0.2) is 62.7 Å². The van der Waals surface area contributed by atoms with E-state index in [-0.39, 0.29) is 35.0 Å². The van der Waals surface area contributed by atoms with E-state index in [0.717, 1.165) is 5.56 Å². The molecule has 1 amide bonds. The minimum atomic E-state index is -3.71. The van der Waals surface area contributed by atoms with E-state index in [9.17, 15) is 13.2 Å². The molecule has 0 atom stereocenters. The van der Waals surface area contributed by atoms with Crippen LogP contribution in [0.3, 0.4) is 0 Å². The molecule has 182 valence electrons. The van der Waals surface area contributed by atoms with Gasteiger partial charge in [-0.1, -0.05) is 23.7 Å². The molecular formula is C24H28ClN3O5S. The van der Waals surface area contributed by atoms with Crippen molar-refractivity contribution >= 4 is 33.2 Å². The van der Waals surface area contributed by atoms with Crippen LogP contribution in [0.25, 0.3) is 0 Å². The third-order valence-corrected chi connectivity index (χ3v) is 8.82. The number of piperidine rings is 1. The Bertz CT molecular complexity index is 1240. The van der Waals surface area contributed by atoms with E-state index in [1.165, 1.54) is 15.4 Å². The minimum Gasteiger partial charge on any atom is -0.493 e. The predicted molar refractivity (Wildman–Crippen MR) is 130 cm³/mol. The van der Waals surface area contributed by atoms with E-state index < -0.39 is 15.4 Å². The third kappa shape index (κ3) is 4.16. The summed E-state index contributed by atoms with van der Waals surface area (Å²) in [5.74, 6) is 1.05. The second-order valence-electron chi connectivity index (χ2n) is 8.86. The Morgan fingerprint density at radius 3 is 2.29 bits per heavy atom. The van der Waals surface area contributed by atoms with Crippen molar-refractivity contribution in [3.8, 4) is 11.5 Å². The van der Waals surface area contributed by atoms with Crippen molar-refractivity contribution in [1.29, 1.82) is 0 Å². The highest BCUT2D eigenvalue weighted by molar-refractivity contribution is 7.89. The number of sulfonamides is 1. The van der Waals surface area contributed by atoms with E-state index in [4.69, 9.17) is 26.2 Å². The summed E-state index contributed by atoms with van der Waals surface area (Å²) in [6, 6.07) is 11.7. The molecule has 0 unspecified atom stereocenters. The molecule has 10 heteroatoms. The Labute approximate surface area is 205 Å². The smallest absolute Gasteiger partial charge is 0.254 e. The molecular weight excluding hydrogens is 478 g/mol. The summed E-state index contributed by atoms with van der Waals surface area (Å²) in [4.78, 5) is 13.4. The first kappa shape index (κ1) is 24.5. The van der Waals surface area contributed by atoms with Gasteiger partial charge in [-0.15, -0.1) is 0 Å². The van der Waals surface area contributed by atoms with Gasteiger partial charge in [0.1, 0.15) is 4.90 Å². The van der Waals surface area contributed by atoms with Gasteiger partial charge in [0.15, 0.2) is 11.5 Å². The molecule has 0 saturated carbocycles. The summed E-state index contributed by atoms with van der Waals surface area (Å²) < 4.78 is 38.3. The molecule has 2 aromatic carbocycles. The van der Waals surface area contributed by atoms with Crippen LogP contribution in [0.2, 0.25) is 5.02 Å². The van der Waals surface area contributed by atoms with E-state index >= 15 is 0 Å². The molecule has 0 spiro atoms. The lowest BCUT2D eigenvalue weighted by Crippen LogP contribution is -2.47. The summed E-state index contributed by atoms with van der Waals surface area (Å²) in [7, 11) is -0.580. The lowest BCUT2D eigenvalue weighted by Gasteiger charge is -2.35. The van der Waals surface area contributed by atoms with Gasteiger partial charge in [-0.25, -0.2) is 13.4 Å². The predicted octanol–water partition coefficient (Wildman–Crippen LogP) is 3.78. The summed E-state index contributed by atoms with van der Waals surface area (Å²) >= 11 is 6.13. The molecule has 34 heavy (non-hydrogen) atoms. The van der Waals surface area contributed by atoms with Crippen molar-refractivity contribution in [2.75, 3.05) is 27.3 Å². The van der Waals surface area contributed by atoms with E-state index in [1.54, 1.807) is 38.5 Å². The number of methoxy groups -OCH3 is 2. The summed E-state index contributed by atoms with van der Waals surface area (Å²) in [5.41, 5.74) is 0.585. The Kier molecular flexibility index (Phi) is 6.63. The molecule has 0 bridgehead atoms. The van der Waals surface area contributed by atoms with Crippen molar-refractivity contribution in [1.82, 2.24) is 9.31 Å². The Balaban J connectivity index is 1.55. The molecule has 2 aliphatic heterocycles. The zero-order chi connectivity index (χ0) is 24.7. The molecule has 0 aliphatic carbocycles. The van der Waals surface area contributed by atoms with Gasteiger partial charge in [0.25, 0.3) is 5.91 Å². The largest absolute Gasteiger partial charge is 0.493 e. The molecule has 0 radical (unpaired) electrons. The maximum atomic E-state index is 13.3. The fourth-order valence-corrected chi connectivity index (χ4v) is 6.40. The third-order valence-electron chi connectivity index (χ3n) is 6.42. The fourth-order valence-electron chi connectivity index (χ4n) is 4.44. The average molecular weight is 506 g/mol. The zero-order valence-corrected chi connectivity index (χ0v) is 21.2. The van der Waals surface area contributed by atoms with Gasteiger partial charge in [-0.05, 0) is 57.0 Å². The van der Waals surface area contributed by atoms with Crippen molar-refractivity contribution in [3.63, 3.8) is 0 Å². The van der Waals surface area contributed by atoms with Gasteiger partial charge in [0, 0.05) is 18.7 Å². The number of hydrogen-bond donors (Lipinski definition) is 0. The minimum absolute atomic E-state index is 0.0993. The number of halogens is 1. The monoisotopic (exact) mass is 505 g/mol. The Morgan fingerprint density at radius 2 is 1.68 bits per heavy atom. The highest BCUT2D eigenvalue weighted by atomic mass is 35.5. The topological polar surface area (TPSA) is 88.5 Å². The fraction of sp³-hybridized carbons (Fsp3) is 0.417. The molecule has 4 rings (SSSR count). The van der Waals surface area contributed by atoms with Gasteiger partial charge in [-0.2, -0.15) is 9.41 Å². The second kappa shape index (κ2) is 9.20. The standard InChI is InChI=1S/C24H28ClN3O5S/c1-24(2)22(16-9-10-19(32-3)20(15-16)33-4)26-28(23(24)29)17-11-13-27(14-12-17)34(30,31)21-8-6-5-7-18(21)25/h5-10,15,17H,11-14H2,1-4H3. The van der Waals surface area contributed by atoms with E-state index in [1.807, 2.05) is 26.0 Å². The van der Waals surface area contributed by atoms with Crippen LogP contribution in [0.15, 0.2) is 52.5 Å². The number of carbonyl (C=O) groups is 1. The first-order valence-electron chi connectivity index (χ1n) is 11.0. The van der Waals surface area contributed by atoms with Gasteiger partial charge < -0.3 is 9.47 Å². The molecule has 2 aromatic rings. The molecule has 0 N–H and O–H groups in total. The Hall–Kier alpha value is -2.62. The molecule has 0 aromatic heterocycles. The normalized spacial score (nSPS) is 19.3. The molecule has 1 saturated heterocycles. The molecule has 2 aliphatic rings. The number of nitrogens with zero attached hydrogens (tertiary/aromatic N) is 3. The maximum absolute atomic E-state index is 13.3. The number of amides is 1. The number of rotatable bonds is 6. The van der Waals surface area contributed by atoms with Crippen LogP contribution in [-0.2, 0) is 14.8 Å². The van der Waals surface area contributed by atoms with E-state index in [2.05, 4.69) is 0 Å². The molecule has 2 heterocycles. The summed E-state index contributed by atoms with van der Waals surface area (Å²) in [6.45, 7) is 4.26. The maximum Gasteiger partial charge on any atom is 0.254 e. The first-order chi connectivity index (χ1) is 16.1. The first-order valence-corrected chi connectivity index (χ1v) is 12.8. The van der Waals surface area contributed by atoms with Gasteiger partial charge in [0.2, 0.25) is 10.0 Å². The highest BCUT2D eigenvalue weighted by Crippen LogP contribution is 2.38. The lowest BCUT2D eigenvalue weighted by molar-refractivity contribution is -0.137. The van der Waals surface area contributed by atoms with Crippen molar-refractivity contribution in [2.24, 2.45) is 10.5 Å².